The van der Waals surface area contributed by atoms with Gasteiger partial charge in [0.15, 0.2) is 11.5 Å². The van der Waals surface area contributed by atoms with E-state index in [9.17, 15) is 15.0 Å². The average molecular weight is 319 g/mol. The third-order valence-electron chi connectivity index (χ3n) is 3.63. The second kappa shape index (κ2) is 6.27. The van der Waals surface area contributed by atoms with Gasteiger partial charge in [-0.3, -0.25) is 4.57 Å². The Morgan fingerprint density at radius 3 is 2.91 bits per heavy atom. The van der Waals surface area contributed by atoms with Crippen LogP contribution in [0.25, 0.3) is 0 Å². The van der Waals surface area contributed by atoms with Crippen molar-refractivity contribution in [3.8, 4) is 11.5 Å². The van der Waals surface area contributed by atoms with E-state index in [2.05, 4.69) is 4.98 Å². The van der Waals surface area contributed by atoms with Crippen LogP contribution >= 0.6 is 0 Å². The van der Waals surface area contributed by atoms with Crippen LogP contribution in [0.2, 0.25) is 0 Å². The number of benzene rings is 1. The molecule has 2 aromatic rings. The largest absolute Gasteiger partial charge is 0.504 e. The molecule has 0 aliphatic carbocycles. The van der Waals surface area contributed by atoms with Crippen LogP contribution in [0.5, 0.6) is 11.5 Å². The van der Waals surface area contributed by atoms with Crippen LogP contribution in [0, 0.1) is 0 Å². The first-order valence-corrected chi connectivity index (χ1v) is 7.13. The Morgan fingerprint density at radius 1 is 1.39 bits per heavy atom. The fourth-order valence-corrected chi connectivity index (χ4v) is 2.43. The van der Waals surface area contributed by atoms with E-state index < -0.39 is 24.1 Å². The van der Waals surface area contributed by atoms with Gasteiger partial charge in [-0.05, 0) is 18.2 Å². The summed E-state index contributed by atoms with van der Waals surface area (Å²) < 4.78 is 12.4. The summed E-state index contributed by atoms with van der Waals surface area (Å²) in [6, 6.07) is 8.01. The average Bonchev–Trinajstić information content (AvgIpc) is 2.87. The maximum Gasteiger partial charge on any atom is 0.351 e. The molecule has 1 aliphatic heterocycles. The quantitative estimate of drug-likeness (QED) is 0.739. The zero-order valence-electron chi connectivity index (χ0n) is 12.2. The molecule has 2 heterocycles. The van der Waals surface area contributed by atoms with E-state index in [0.29, 0.717) is 5.75 Å². The minimum Gasteiger partial charge on any atom is -0.504 e. The highest BCUT2D eigenvalue weighted by atomic mass is 16.6. The molecule has 4 N–H and O–H groups in total. The van der Waals surface area contributed by atoms with Crippen molar-refractivity contribution in [1.29, 1.82) is 0 Å². The Kier molecular flexibility index (Phi) is 4.18. The summed E-state index contributed by atoms with van der Waals surface area (Å²) in [7, 11) is 0. The smallest absolute Gasteiger partial charge is 0.351 e. The van der Waals surface area contributed by atoms with E-state index in [0.717, 1.165) is 0 Å². The SMILES string of the molecule is Nc1ccn([C@H]2C[C@H](O)[C@@H](COc3ccccc3O)O2)c(=O)n1. The zero-order valence-corrected chi connectivity index (χ0v) is 12.2. The topological polar surface area (TPSA) is 120 Å². The highest BCUT2D eigenvalue weighted by Crippen LogP contribution is 2.30. The maximum atomic E-state index is 11.8. The number of phenols is 1. The molecule has 1 fully saturated rings. The molecule has 0 saturated carbocycles. The number of hydrogen-bond donors (Lipinski definition) is 3. The number of aliphatic hydroxyl groups excluding tert-OH is 1. The maximum absolute atomic E-state index is 11.8. The van der Waals surface area contributed by atoms with E-state index in [4.69, 9.17) is 15.2 Å². The lowest BCUT2D eigenvalue weighted by Gasteiger charge is -2.17. The minimum atomic E-state index is -0.796. The molecule has 8 nitrogen and oxygen atoms in total. The van der Waals surface area contributed by atoms with Gasteiger partial charge in [0.25, 0.3) is 0 Å². The number of nitrogens with two attached hydrogens (primary N) is 1. The van der Waals surface area contributed by atoms with Crippen molar-refractivity contribution in [3.63, 3.8) is 0 Å². The van der Waals surface area contributed by atoms with Crippen molar-refractivity contribution >= 4 is 5.82 Å². The molecule has 1 aliphatic rings. The summed E-state index contributed by atoms with van der Waals surface area (Å²) in [5, 5.41) is 19.7. The first-order chi connectivity index (χ1) is 11.0. The number of ether oxygens (including phenoxy) is 2. The van der Waals surface area contributed by atoms with Gasteiger partial charge in [-0.25, -0.2) is 4.79 Å². The number of nitrogens with zero attached hydrogens (tertiary/aromatic N) is 2. The van der Waals surface area contributed by atoms with E-state index in [1.54, 1.807) is 18.2 Å². The van der Waals surface area contributed by atoms with Gasteiger partial charge in [0, 0.05) is 12.6 Å². The van der Waals surface area contributed by atoms with Crippen LogP contribution in [0.4, 0.5) is 5.82 Å². The lowest BCUT2D eigenvalue weighted by Crippen LogP contribution is -2.29. The van der Waals surface area contributed by atoms with Crippen molar-refractivity contribution in [3.05, 3.63) is 47.0 Å². The Labute approximate surface area is 131 Å². The number of hydrogen-bond acceptors (Lipinski definition) is 7. The number of aliphatic hydroxyl groups is 1. The van der Waals surface area contributed by atoms with Gasteiger partial charge in [0.1, 0.15) is 24.8 Å². The molecule has 0 unspecified atom stereocenters. The van der Waals surface area contributed by atoms with E-state index in [-0.39, 0.29) is 24.6 Å². The molecule has 8 heteroatoms. The Balaban J connectivity index is 1.67. The Morgan fingerprint density at radius 2 is 2.17 bits per heavy atom. The molecule has 1 saturated heterocycles. The number of para-hydroxylation sites is 2. The third kappa shape index (κ3) is 3.27. The van der Waals surface area contributed by atoms with E-state index >= 15 is 0 Å². The molecule has 0 spiro atoms. The molecular formula is C15H17N3O5. The number of anilines is 1. The second-order valence-electron chi connectivity index (χ2n) is 5.25. The molecule has 0 radical (unpaired) electrons. The minimum absolute atomic E-state index is 0.00971. The third-order valence-corrected chi connectivity index (χ3v) is 3.63. The van der Waals surface area contributed by atoms with E-state index in [1.165, 1.54) is 22.9 Å². The zero-order chi connectivity index (χ0) is 16.4. The van der Waals surface area contributed by atoms with Crippen molar-refractivity contribution < 1.29 is 19.7 Å². The van der Waals surface area contributed by atoms with Crippen LogP contribution in [0.15, 0.2) is 41.3 Å². The van der Waals surface area contributed by atoms with Gasteiger partial charge in [0.05, 0.1) is 6.10 Å². The van der Waals surface area contributed by atoms with E-state index in [1.807, 2.05) is 0 Å². The number of aromatic hydroxyl groups is 1. The molecule has 1 aromatic heterocycles. The normalized spacial score (nSPS) is 23.8. The molecular weight excluding hydrogens is 302 g/mol. The summed E-state index contributed by atoms with van der Waals surface area (Å²) >= 11 is 0. The predicted molar refractivity (Wildman–Crippen MR) is 81.0 cm³/mol. The summed E-state index contributed by atoms with van der Waals surface area (Å²) in [6.07, 6.45) is -0.336. The fraction of sp³-hybridized carbons (Fsp3) is 0.333. The lowest BCUT2D eigenvalue weighted by molar-refractivity contribution is -0.0411. The van der Waals surface area contributed by atoms with Gasteiger partial charge in [-0.2, -0.15) is 4.98 Å². The van der Waals surface area contributed by atoms with Gasteiger partial charge in [0.2, 0.25) is 0 Å². The molecule has 122 valence electrons. The molecule has 3 atom stereocenters. The van der Waals surface area contributed by atoms with Crippen molar-refractivity contribution in [1.82, 2.24) is 9.55 Å². The van der Waals surface area contributed by atoms with Gasteiger partial charge in [-0.1, -0.05) is 12.1 Å². The van der Waals surface area contributed by atoms with Gasteiger partial charge >= 0.3 is 5.69 Å². The van der Waals surface area contributed by atoms with Crippen LogP contribution < -0.4 is 16.2 Å². The van der Waals surface area contributed by atoms with Crippen LogP contribution in [0.1, 0.15) is 12.6 Å². The highest BCUT2D eigenvalue weighted by molar-refractivity contribution is 5.37. The van der Waals surface area contributed by atoms with Crippen LogP contribution in [-0.4, -0.2) is 38.6 Å². The number of phenolic OH excluding ortho intramolecular Hbond substituents is 1. The van der Waals surface area contributed by atoms with Crippen LogP contribution in [-0.2, 0) is 4.74 Å². The molecule has 0 amide bonds. The fourth-order valence-electron chi connectivity index (χ4n) is 2.43. The Bertz CT molecular complexity index is 748. The summed E-state index contributed by atoms with van der Waals surface area (Å²) in [5.74, 6) is 0.442. The van der Waals surface area contributed by atoms with Crippen molar-refractivity contribution in [2.24, 2.45) is 0 Å². The lowest BCUT2D eigenvalue weighted by atomic mass is 10.2. The summed E-state index contributed by atoms with van der Waals surface area (Å²) in [5.41, 5.74) is 4.91. The number of aromatic nitrogens is 2. The standard InChI is InChI=1S/C15H17N3O5/c16-13-5-6-18(15(21)17-13)14-7-10(20)12(23-14)8-22-11-4-2-1-3-9(11)19/h1-6,10,12,14,19-20H,7-8H2,(H2,16,17,21)/t10-,12+,14+/m0/s1. The van der Waals surface area contributed by atoms with Crippen molar-refractivity contribution in [2.75, 3.05) is 12.3 Å². The van der Waals surface area contributed by atoms with Crippen molar-refractivity contribution in [2.45, 2.75) is 24.9 Å². The monoisotopic (exact) mass is 319 g/mol. The number of nitrogen functional groups attached to an aromatic ring is 1. The molecule has 3 rings (SSSR count). The number of rotatable bonds is 4. The highest BCUT2D eigenvalue weighted by Gasteiger charge is 2.36. The second-order valence-corrected chi connectivity index (χ2v) is 5.25. The first kappa shape index (κ1) is 15.3. The molecule has 23 heavy (non-hydrogen) atoms. The first-order valence-electron chi connectivity index (χ1n) is 7.13. The van der Waals surface area contributed by atoms with Gasteiger partial charge < -0.3 is 25.4 Å². The summed E-state index contributed by atoms with van der Waals surface area (Å²) in [6.45, 7) is 0.0480. The molecule has 1 aromatic carbocycles. The predicted octanol–water partition coefficient (Wildman–Crippen LogP) is 0.258. The molecule has 0 bridgehead atoms. The Hall–Kier alpha value is -2.58. The van der Waals surface area contributed by atoms with Gasteiger partial charge in [-0.15, -0.1) is 0 Å². The summed E-state index contributed by atoms with van der Waals surface area (Å²) in [4.78, 5) is 15.4. The van der Waals surface area contributed by atoms with Crippen LogP contribution in [0.3, 0.4) is 0 Å².